The van der Waals surface area contributed by atoms with Crippen molar-refractivity contribution >= 4 is 11.5 Å². The van der Waals surface area contributed by atoms with Crippen LogP contribution in [0.2, 0.25) is 0 Å². The fraction of sp³-hybridized carbons (Fsp3) is 0.182. The monoisotopic (exact) mass is 189 g/mol. The molecule has 0 fully saturated rings. The molecule has 0 radical (unpaired) electrons. The molecule has 0 spiro atoms. The Hall–Kier alpha value is -1.61. The normalized spacial score (nSPS) is 21.3. The summed E-state index contributed by atoms with van der Waals surface area (Å²) >= 11 is 0. The number of hydrogen-bond acceptors (Lipinski definition) is 2. The maximum absolute atomic E-state index is 11.3. The maximum Gasteiger partial charge on any atom is 0.249 e. The van der Waals surface area contributed by atoms with Gasteiger partial charge in [0, 0.05) is 18.7 Å². The lowest BCUT2D eigenvalue weighted by Gasteiger charge is -2.17. The standard InChI is InChI=1S/C11H11NO2/c1-12-10(13)7-9(11(12)14)8-5-3-2-4-6-8/h2-7,11,14H,1H3. The van der Waals surface area contributed by atoms with Crippen molar-refractivity contribution in [2.45, 2.75) is 6.23 Å². The Labute approximate surface area is 82.3 Å². The van der Waals surface area contributed by atoms with Crippen molar-refractivity contribution in [3.8, 4) is 0 Å². The van der Waals surface area contributed by atoms with E-state index in [1.165, 1.54) is 11.0 Å². The molecule has 1 aromatic rings. The van der Waals surface area contributed by atoms with Gasteiger partial charge in [0.15, 0.2) is 6.23 Å². The minimum atomic E-state index is -0.815. The largest absolute Gasteiger partial charge is 0.369 e. The van der Waals surface area contributed by atoms with E-state index in [4.69, 9.17) is 0 Å². The molecule has 14 heavy (non-hydrogen) atoms. The van der Waals surface area contributed by atoms with Crippen LogP contribution in [0, 0.1) is 0 Å². The highest BCUT2D eigenvalue weighted by Gasteiger charge is 2.28. The second-order valence-electron chi connectivity index (χ2n) is 3.29. The van der Waals surface area contributed by atoms with Gasteiger partial charge in [-0.25, -0.2) is 0 Å². The molecule has 1 aromatic carbocycles. The van der Waals surface area contributed by atoms with E-state index in [-0.39, 0.29) is 5.91 Å². The summed E-state index contributed by atoms with van der Waals surface area (Å²) in [6.45, 7) is 0. The van der Waals surface area contributed by atoms with Crippen molar-refractivity contribution in [2.75, 3.05) is 7.05 Å². The molecule has 72 valence electrons. The molecule has 3 nitrogen and oxygen atoms in total. The van der Waals surface area contributed by atoms with Gasteiger partial charge in [-0.05, 0) is 5.56 Å². The first-order chi connectivity index (χ1) is 6.70. The third kappa shape index (κ3) is 1.32. The van der Waals surface area contributed by atoms with Crippen LogP contribution in [-0.4, -0.2) is 29.2 Å². The van der Waals surface area contributed by atoms with E-state index in [2.05, 4.69) is 0 Å². The topological polar surface area (TPSA) is 40.5 Å². The Morgan fingerprint density at radius 1 is 1.29 bits per heavy atom. The summed E-state index contributed by atoms with van der Waals surface area (Å²) in [7, 11) is 1.58. The van der Waals surface area contributed by atoms with Crippen LogP contribution < -0.4 is 0 Å². The van der Waals surface area contributed by atoms with E-state index < -0.39 is 6.23 Å². The van der Waals surface area contributed by atoms with Crippen LogP contribution in [0.15, 0.2) is 36.4 Å². The van der Waals surface area contributed by atoms with Gasteiger partial charge in [0.1, 0.15) is 0 Å². The number of likely N-dealkylation sites (N-methyl/N-ethyl adjacent to an activating group) is 1. The fourth-order valence-electron chi connectivity index (χ4n) is 1.50. The number of hydrogen-bond donors (Lipinski definition) is 1. The third-order valence-electron chi connectivity index (χ3n) is 2.38. The highest BCUT2D eigenvalue weighted by Crippen LogP contribution is 2.25. The van der Waals surface area contributed by atoms with Crippen molar-refractivity contribution in [1.29, 1.82) is 0 Å². The highest BCUT2D eigenvalue weighted by atomic mass is 16.3. The SMILES string of the molecule is CN1C(=O)C=C(c2ccccc2)C1O. The van der Waals surface area contributed by atoms with Gasteiger partial charge in [0.25, 0.3) is 0 Å². The quantitative estimate of drug-likeness (QED) is 0.711. The van der Waals surface area contributed by atoms with Crippen molar-refractivity contribution in [2.24, 2.45) is 0 Å². The molecule has 1 aliphatic rings. The van der Waals surface area contributed by atoms with Crippen LogP contribution in [0.25, 0.3) is 5.57 Å². The van der Waals surface area contributed by atoms with Crippen molar-refractivity contribution in [3.05, 3.63) is 42.0 Å². The van der Waals surface area contributed by atoms with Gasteiger partial charge >= 0.3 is 0 Å². The maximum atomic E-state index is 11.3. The smallest absolute Gasteiger partial charge is 0.249 e. The summed E-state index contributed by atoms with van der Waals surface area (Å²) in [6.07, 6.45) is 0.657. The Morgan fingerprint density at radius 3 is 2.43 bits per heavy atom. The minimum absolute atomic E-state index is 0.156. The zero-order valence-electron chi connectivity index (χ0n) is 7.84. The number of nitrogens with zero attached hydrogens (tertiary/aromatic N) is 1. The lowest BCUT2D eigenvalue weighted by Crippen LogP contribution is -2.30. The average molecular weight is 189 g/mol. The molecule has 0 aliphatic carbocycles. The molecule has 1 heterocycles. The molecule has 1 atom stereocenters. The second-order valence-corrected chi connectivity index (χ2v) is 3.29. The molecule has 0 bridgehead atoms. The fourth-order valence-corrected chi connectivity index (χ4v) is 1.50. The second kappa shape index (κ2) is 3.27. The van der Waals surface area contributed by atoms with Gasteiger partial charge in [-0.3, -0.25) is 4.79 Å². The van der Waals surface area contributed by atoms with Gasteiger partial charge in [-0.1, -0.05) is 30.3 Å². The molecular formula is C11H11NO2. The van der Waals surface area contributed by atoms with E-state index in [9.17, 15) is 9.90 Å². The molecule has 2 rings (SSSR count). The lowest BCUT2D eigenvalue weighted by molar-refractivity contribution is -0.128. The minimum Gasteiger partial charge on any atom is -0.369 e. The van der Waals surface area contributed by atoms with Crippen LogP contribution >= 0.6 is 0 Å². The lowest BCUT2D eigenvalue weighted by atomic mass is 10.1. The summed E-state index contributed by atoms with van der Waals surface area (Å²) in [5.74, 6) is -0.156. The summed E-state index contributed by atoms with van der Waals surface area (Å²) in [5.41, 5.74) is 1.55. The molecular weight excluding hydrogens is 178 g/mol. The number of amides is 1. The van der Waals surface area contributed by atoms with E-state index in [1.807, 2.05) is 30.3 Å². The van der Waals surface area contributed by atoms with E-state index in [0.717, 1.165) is 5.56 Å². The molecule has 1 aliphatic heterocycles. The van der Waals surface area contributed by atoms with Gasteiger partial charge in [-0.15, -0.1) is 0 Å². The summed E-state index contributed by atoms with van der Waals surface area (Å²) in [4.78, 5) is 12.6. The van der Waals surface area contributed by atoms with E-state index in [1.54, 1.807) is 7.05 Å². The average Bonchev–Trinajstić information content (AvgIpc) is 2.47. The zero-order chi connectivity index (χ0) is 10.1. The number of aliphatic hydroxyl groups excluding tert-OH is 1. The zero-order valence-corrected chi connectivity index (χ0v) is 7.84. The highest BCUT2D eigenvalue weighted by molar-refractivity contribution is 6.01. The Morgan fingerprint density at radius 2 is 1.93 bits per heavy atom. The Kier molecular flexibility index (Phi) is 2.09. The predicted molar refractivity (Wildman–Crippen MR) is 53.2 cm³/mol. The van der Waals surface area contributed by atoms with Crippen molar-refractivity contribution < 1.29 is 9.90 Å². The number of rotatable bonds is 1. The first kappa shape index (κ1) is 8.97. The van der Waals surface area contributed by atoms with Gasteiger partial charge in [-0.2, -0.15) is 0 Å². The summed E-state index contributed by atoms with van der Waals surface area (Å²) < 4.78 is 0. The Bertz CT molecular complexity index is 384. The number of benzene rings is 1. The number of carbonyl (C=O) groups is 1. The predicted octanol–water partition coefficient (Wildman–Crippen LogP) is 0.860. The summed E-state index contributed by atoms with van der Waals surface area (Å²) in [6, 6.07) is 9.41. The molecule has 1 unspecified atom stereocenters. The van der Waals surface area contributed by atoms with Crippen LogP contribution in [0.3, 0.4) is 0 Å². The van der Waals surface area contributed by atoms with Crippen molar-refractivity contribution in [1.82, 2.24) is 4.90 Å². The summed E-state index contributed by atoms with van der Waals surface area (Å²) in [5, 5.41) is 9.72. The first-order valence-electron chi connectivity index (χ1n) is 4.42. The van der Waals surface area contributed by atoms with Gasteiger partial charge < -0.3 is 10.0 Å². The Balaban J connectivity index is 2.38. The molecule has 0 aromatic heterocycles. The van der Waals surface area contributed by atoms with Crippen LogP contribution in [0.4, 0.5) is 0 Å². The van der Waals surface area contributed by atoms with Crippen LogP contribution in [0.1, 0.15) is 5.56 Å². The molecule has 0 saturated carbocycles. The molecule has 0 saturated heterocycles. The number of carbonyl (C=O) groups excluding carboxylic acids is 1. The first-order valence-corrected chi connectivity index (χ1v) is 4.42. The molecule has 1 amide bonds. The van der Waals surface area contributed by atoms with Crippen molar-refractivity contribution in [3.63, 3.8) is 0 Å². The molecule has 3 heteroatoms. The third-order valence-corrected chi connectivity index (χ3v) is 2.38. The van der Waals surface area contributed by atoms with E-state index >= 15 is 0 Å². The number of aliphatic hydroxyl groups is 1. The van der Waals surface area contributed by atoms with E-state index in [0.29, 0.717) is 5.57 Å². The van der Waals surface area contributed by atoms with Gasteiger partial charge in [0.2, 0.25) is 5.91 Å². The van der Waals surface area contributed by atoms with Crippen LogP contribution in [-0.2, 0) is 4.79 Å². The van der Waals surface area contributed by atoms with Crippen LogP contribution in [0.5, 0.6) is 0 Å². The van der Waals surface area contributed by atoms with Gasteiger partial charge in [0.05, 0.1) is 0 Å². The molecule has 1 N–H and O–H groups in total.